The SMILES string of the molecule is COC(=O)[C@H](CCC(=O)OCC(C)C)NCC(C)C. The van der Waals surface area contributed by atoms with Gasteiger partial charge in [-0.15, -0.1) is 0 Å². The second-order valence-corrected chi connectivity index (χ2v) is 5.49. The van der Waals surface area contributed by atoms with Crippen LogP contribution in [-0.2, 0) is 19.1 Å². The monoisotopic (exact) mass is 273 g/mol. The van der Waals surface area contributed by atoms with Crippen LogP contribution in [-0.4, -0.2) is 38.2 Å². The van der Waals surface area contributed by atoms with E-state index in [2.05, 4.69) is 19.2 Å². The molecule has 5 nitrogen and oxygen atoms in total. The van der Waals surface area contributed by atoms with Crippen molar-refractivity contribution in [2.75, 3.05) is 20.3 Å². The summed E-state index contributed by atoms with van der Waals surface area (Å²) < 4.78 is 9.80. The summed E-state index contributed by atoms with van der Waals surface area (Å²) in [7, 11) is 1.35. The van der Waals surface area contributed by atoms with Crippen molar-refractivity contribution in [1.29, 1.82) is 0 Å². The Kier molecular flexibility index (Phi) is 9.21. The number of rotatable bonds is 9. The highest BCUT2D eigenvalue weighted by atomic mass is 16.5. The molecule has 0 bridgehead atoms. The van der Waals surface area contributed by atoms with E-state index in [1.807, 2.05) is 13.8 Å². The quantitative estimate of drug-likeness (QED) is 0.648. The fraction of sp³-hybridized carbons (Fsp3) is 0.857. The molecule has 112 valence electrons. The first-order chi connectivity index (χ1) is 8.86. The molecule has 19 heavy (non-hydrogen) atoms. The molecule has 0 aliphatic carbocycles. The number of carbonyl (C=O) groups is 2. The minimum Gasteiger partial charge on any atom is -0.468 e. The number of carbonyl (C=O) groups excluding carboxylic acids is 2. The molecule has 1 atom stereocenters. The Morgan fingerprint density at radius 1 is 1.11 bits per heavy atom. The molecule has 0 rings (SSSR count). The van der Waals surface area contributed by atoms with Crippen molar-refractivity contribution >= 4 is 11.9 Å². The summed E-state index contributed by atoms with van der Waals surface area (Å²) in [6.45, 7) is 9.20. The fourth-order valence-electron chi connectivity index (χ4n) is 1.42. The van der Waals surface area contributed by atoms with Gasteiger partial charge in [-0.05, 0) is 24.8 Å². The standard InChI is InChI=1S/C14H27NO4/c1-10(2)8-15-12(14(17)18-5)6-7-13(16)19-9-11(3)4/h10-12,15H,6-9H2,1-5H3/t12-/m0/s1. The van der Waals surface area contributed by atoms with Crippen LogP contribution in [0.5, 0.6) is 0 Å². The van der Waals surface area contributed by atoms with Gasteiger partial charge >= 0.3 is 11.9 Å². The molecule has 0 saturated carbocycles. The van der Waals surface area contributed by atoms with E-state index in [1.54, 1.807) is 0 Å². The van der Waals surface area contributed by atoms with Gasteiger partial charge in [-0.1, -0.05) is 27.7 Å². The molecule has 0 heterocycles. The summed E-state index contributed by atoms with van der Waals surface area (Å²) in [5.41, 5.74) is 0. The molecule has 0 amide bonds. The zero-order valence-electron chi connectivity index (χ0n) is 12.7. The predicted octanol–water partition coefficient (Wildman–Crippen LogP) is 1.75. The lowest BCUT2D eigenvalue weighted by molar-refractivity contribution is -0.146. The van der Waals surface area contributed by atoms with Crippen LogP contribution in [0.2, 0.25) is 0 Å². The highest BCUT2D eigenvalue weighted by molar-refractivity contribution is 5.77. The number of methoxy groups -OCH3 is 1. The molecular weight excluding hydrogens is 246 g/mol. The first-order valence-electron chi connectivity index (χ1n) is 6.83. The van der Waals surface area contributed by atoms with Crippen LogP contribution in [0.3, 0.4) is 0 Å². The Hall–Kier alpha value is -1.10. The van der Waals surface area contributed by atoms with Crippen LogP contribution < -0.4 is 5.32 Å². The van der Waals surface area contributed by atoms with Gasteiger partial charge in [-0.25, -0.2) is 0 Å². The van der Waals surface area contributed by atoms with Gasteiger partial charge in [0.2, 0.25) is 0 Å². The maximum absolute atomic E-state index is 11.6. The Labute approximate surface area is 116 Å². The van der Waals surface area contributed by atoms with Crippen molar-refractivity contribution in [3.8, 4) is 0 Å². The van der Waals surface area contributed by atoms with Gasteiger partial charge in [0.25, 0.3) is 0 Å². The molecule has 0 saturated heterocycles. The minimum absolute atomic E-state index is 0.220. The van der Waals surface area contributed by atoms with Gasteiger partial charge in [0.15, 0.2) is 0 Å². The third-order valence-corrected chi connectivity index (χ3v) is 2.47. The van der Waals surface area contributed by atoms with Crippen LogP contribution in [0, 0.1) is 11.8 Å². The molecule has 0 aliphatic heterocycles. The highest BCUT2D eigenvalue weighted by Crippen LogP contribution is 2.04. The van der Waals surface area contributed by atoms with Gasteiger partial charge in [0, 0.05) is 6.42 Å². The van der Waals surface area contributed by atoms with E-state index in [4.69, 9.17) is 9.47 Å². The first kappa shape index (κ1) is 17.9. The van der Waals surface area contributed by atoms with Gasteiger partial charge in [-0.3, -0.25) is 9.59 Å². The van der Waals surface area contributed by atoms with Crippen molar-refractivity contribution in [2.45, 2.75) is 46.6 Å². The number of hydrogen-bond acceptors (Lipinski definition) is 5. The van der Waals surface area contributed by atoms with Crippen LogP contribution in [0.4, 0.5) is 0 Å². The van der Waals surface area contributed by atoms with E-state index in [9.17, 15) is 9.59 Å². The average molecular weight is 273 g/mol. The predicted molar refractivity (Wildman–Crippen MR) is 73.7 cm³/mol. The lowest BCUT2D eigenvalue weighted by Gasteiger charge is -2.17. The van der Waals surface area contributed by atoms with Gasteiger partial charge < -0.3 is 14.8 Å². The summed E-state index contributed by atoms with van der Waals surface area (Å²) in [6.07, 6.45) is 0.619. The van der Waals surface area contributed by atoms with Gasteiger partial charge in [0.1, 0.15) is 6.04 Å². The van der Waals surface area contributed by atoms with Crippen LogP contribution in [0.25, 0.3) is 0 Å². The summed E-state index contributed by atoms with van der Waals surface area (Å²) >= 11 is 0. The molecule has 0 aromatic rings. The van der Waals surface area contributed by atoms with Gasteiger partial charge in [0.05, 0.1) is 13.7 Å². The normalized spacial score (nSPS) is 12.6. The van der Waals surface area contributed by atoms with Crippen molar-refractivity contribution in [1.82, 2.24) is 5.32 Å². The minimum atomic E-state index is -0.445. The van der Waals surface area contributed by atoms with Crippen molar-refractivity contribution in [3.05, 3.63) is 0 Å². The number of esters is 2. The van der Waals surface area contributed by atoms with Crippen LogP contribution in [0.15, 0.2) is 0 Å². The summed E-state index contributed by atoms with van der Waals surface area (Å²) in [5, 5.41) is 3.11. The molecule has 0 aromatic heterocycles. The number of nitrogens with one attached hydrogen (secondary N) is 1. The van der Waals surface area contributed by atoms with E-state index in [0.29, 0.717) is 31.4 Å². The zero-order valence-corrected chi connectivity index (χ0v) is 12.7. The van der Waals surface area contributed by atoms with E-state index in [0.717, 1.165) is 0 Å². The fourth-order valence-corrected chi connectivity index (χ4v) is 1.42. The maximum Gasteiger partial charge on any atom is 0.322 e. The van der Waals surface area contributed by atoms with E-state index >= 15 is 0 Å². The maximum atomic E-state index is 11.6. The smallest absolute Gasteiger partial charge is 0.322 e. The second-order valence-electron chi connectivity index (χ2n) is 5.49. The number of hydrogen-bond donors (Lipinski definition) is 1. The summed E-state index contributed by atoms with van der Waals surface area (Å²) in [4.78, 5) is 23.1. The topological polar surface area (TPSA) is 64.6 Å². The second kappa shape index (κ2) is 9.78. The van der Waals surface area contributed by atoms with Crippen molar-refractivity contribution < 1.29 is 19.1 Å². The number of ether oxygens (including phenoxy) is 2. The van der Waals surface area contributed by atoms with E-state index in [1.165, 1.54) is 7.11 Å². The molecule has 5 heteroatoms. The average Bonchev–Trinajstić information content (AvgIpc) is 2.35. The Morgan fingerprint density at radius 2 is 1.74 bits per heavy atom. The molecule has 0 fully saturated rings. The molecular formula is C14H27NO4. The Balaban J connectivity index is 4.10. The summed E-state index contributed by atoms with van der Waals surface area (Å²) in [5.74, 6) is 0.144. The third kappa shape index (κ3) is 9.47. The van der Waals surface area contributed by atoms with Crippen LogP contribution >= 0.6 is 0 Å². The molecule has 0 aliphatic rings. The zero-order chi connectivity index (χ0) is 14.8. The molecule has 0 unspecified atom stereocenters. The lowest BCUT2D eigenvalue weighted by atomic mass is 10.1. The van der Waals surface area contributed by atoms with Gasteiger partial charge in [-0.2, -0.15) is 0 Å². The summed E-state index contributed by atoms with van der Waals surface area (Å²) in [6, 6.07) is -0.445. The van der Waals surface area contributed by atoms with Crippen molar-refractivity contribution in [3.63, 3.8) is 0 Å². The van der Waals surface area contributed by atoms with E-state index < -0.39 is 6.04 Å². The first-order valence-corrected chi connectivity index (χ1v) is 6.83. The van der Waals surface area contributed by atoms with E-state index in [-0.39, 0.29) is 18.4 Å². The molecule has 0 spiro atoms. The molecule has 0 radical (unpaired) electrons. The highest BCUT2D eigenvalue weighted by Gasteiger charge is 2.20. The molecule has 1 N–H and O–H groups in total. The van der Waals surface area contributed by atoms with Crippen molar-refractivity contribution in [2.24, 2.45) is 11.8 Å². The largest absolute Gasteiger partial charge is 0.468 e. The third-order valence-electron chi connectivity index (χ3n) is 2.47. The Bertz CT molecular complexity index is 277. The Morgan fingerprint density at radius 3 is 2.21 bits per heavy atom. The van der Waals surface area contributed by atoms with Crippen LogP contribution in [0.1, 0.15) is 40.5 Å². The molecule has 0 aromatic carbocycles. The lowest BCUT2D eigenvalue weighted by Crippen LogP contribution is -2.40.